The molecule has 0 unspecified atom stereocenters. The van der Waals surface area contributed by atoms with Crippen LogP contribution in [-0.2, 0) is 14.3 Å². The van der Waals surface area contributed by atoms with Gasteiger partial charge in [0.25, 0.3) is 0 Å². The number of carbonyl (C=O) groups is 1. The first-order chi connectivity index (χ1) is 8.66. The Hall–Kier alpha value is -0.650. The van der Waals surface area contributed by atoms with E-state index in [4.69, 9.17) is 9.47 Å². The largest absolute Gasteiger partial charge is 0.388 e. The third-order valence-electron chi connectivity index (χ3n) is 3.31. The van der Waals surface area contributed by atoms with Crippen LogP contribution in [0.25, 0.3) is 0 Å². The molecule has 2 N–H and O–H groups in total. The van der Waals surface area contributed by atoms with E-state index in [1.165, 1.54) is 12.8 Å². The van der Waals surface area contributed by atoms with Gasteiger partial charge in [-0.05, 0) is 12.8 Å². The van der Waals surface area contributed by atoms with E-state index >= 15 is 0 Å². The Morgan fingerprint density at radius 1 is 1.22 bits per heavy atom. The number of hydrogen-bond donors (Lipinski definition) is 2. The Kier molecular flexibility index (Phi) is 7.23. The van der Waals surface area contributed by atoms with Gasteiger partial charge in [-0.1, -0.05) is 25.7 Å². The summed E-state index contributed by atoms with van der Waals surface area (Å²) in [7, 11) is 1.59. The first-order valence-corrected chi connectivity index (χ1v) is 6.72. The maximum Gasteiger partial charge on any atom is 0.246 e. The number of amides is 1. The van der Waals surface area contributed by atoms with Crippen LogP contribution in [0, 0.1) is 0 Å². The summed E-state index contributed by atoms with van der Waals surface area (Å²) in [4.78, 5) is 11.5. The number of hydrogen-bond acceptors (Lipinski definition) is 4. The zero-order valence-corrected chi connectivity index (χ0v) is 11.2. The fraction of sp³-hybridized carbons (Fsp3) is 0.923. The minimum Gasteiger partial charge on any atom is -0.388 e. The highest BCUT2D eigenvalue weighted by Crippen LogP contribution is 2.26. The first kappa shape index (κ1) is 15.4. The molecule has 1 rings (SSSR count). The van der Waals surface area contributed by atoms with E-state index in [2.05, 4.69) is 5.32 Å². The van der Waals surface area contributed by atoms with Gasteiger partial charge in [0.15, 0.2) is 0 Å². The average molecular weight is 259 g/mol. The van der Waals surface area contributed by atoms with E-state index in [1.54, 1.807) is 7.11 Å². The number of rotatable bonds is 7. The van der Waals surface area contributed by atoms with Gasteiger partial charge in [0, 0.05) is 13.7 Å². The SMILES string of the molecule is COCCOCC(=O)NCC1(O)CCCCCC1. The third kappa shape index (κ3) is 6.33. The summed E-state index contributed by atoms with van der Waals surface area (Å²) in [6, 6.07) is 0. The Morgan fingerprint density at radius 2 is 1.89 bits per heavy atom. The molecule has 0 spiro atoms. The van der Waals surface area contributed by atoms with Crippen molar-refractivity contribution in [3.63, 3.8) is 0 Å². The van der Waals surface area contributed by atoms with Crippen LogP contribution in [-0.4, -0.2) is 50.1 Å². The molecule has 0 heterocycles. The lowest BCUT2D eigenvalue weighted by molar-refractivity contribution is -0.127. The Morgan fingerprint density at radius 3 is 2.50 bits per heavy atom. The topological polar surface area (TPSA) is 67.8 Å². The minimum absolute atomic E-state index is 0.0272. The van der Waals surface area contributed by atoms with Crippen LogP contribution in [0.5, 0.6) is 0 Å². The number of methoxy groups -OCH3 is 1. The van der Waals surface area contributed by atoms with Crippen molar-refractivity contribution in [2.45, 2.75) is 44.1 Å². The summed E-state index contributed by atoms with van der Waals surface area (Å²) in [5.74, 6) is -0.177. The van der Waals surface area contributed by atoms with E-state index in [0.717, 1.165) is 25.7 Å². The molecule has 0 aromatic heterocycles. The normalized spacial score (nSPS) is 19.2. The van der Waals surface area contributed by atoms with Crippen molar-refractivity contribution in [1.82, 2.24) is 5.32 Å². The van der Waals surface area contributed by atoms with E-state index in [1.807, 2.05) is 0 Å². The first-order valence-electron chi connectivity index (χ1n) is 6.72. The van der Waals surface area contributed by atoms with Crippen LogP contribution in [0.4, 0.5) is 0 Å². The van der Waals surface area contributed by atoms with Crippen LogP contribution in [0.1, 0.15) is 38.5 Å². The molecule has 1 aliphatic carbocycles. The van der Waals surface area contributed by atoms with Crippen molar-refractivity contribution in [3.05, 3.63) is 0 Å². The molecule has 0 radical (unpaired) electrons. The molecular weight excluding hydrogens is 234 g/mol. The molecule has 0 saturated heterocycles. The van der Waals surface area contributed by atoms with Crippen LogP contribution in [0.15, 0.2) is 0 Å². The molecule has 18 heavy (non-hydrogen) atoms. The summed E-state index contributed by atoms with van der Waals surface area (Å²) >= 11 is 0. The Balaban J connectivity index is 2.15. The maximum absolute atomic E-state index is 11.5. The molecule has 5 nitrogen and oxygen atoms in total. The van der Waals surface area contributed by atoms with E-state index in [-0.39, 0.29) is 12.5 Å². The highest BCUT2D eigenvalue weighted by molar-refractivity contribution is 5.77. The van der Waals surface area contributed by atoms with Gasteiger partial charge in [0.05, 0.1) is 18.8 Å². The molecule has 1 amide bonds. The fourth-order valence-electron chi connectivity index (χ4n) is 2.18. The van der Waals surface area contributed by atoms with Gasteiger partial charge in [0.2, 0.25) is 5.91 Å². The van der Waals surface area contributed by atoms with Crippen LogP contribution < -0.4 is 5.32 Å². The summed E-state index contributed by atoms with van der Waals surface area (Å²) in [5.41, 5.74) is -0.724. The van der Waals surface area contributed by atoms with E-state index in [9.17, 15) is 9.90 Å². The molecule has 0 atom stereocenters. The molecular formula is C13H25NO4. The number of aliphatic hydroxyl groups is 1. The molecule has 1 fully saturated rings. The molecule has 0 bridgehead atoms. The molecule has 0 aromatic carbocycles. The van der Waals surface area contributed by atoms with E-state index in [0.29, 0.717) is 19.8 Å². The van der Waals surface area contributed by atoms with Crippen molar-refractivity contribution >= 4 is 5.91 Å². The molecule has 106 valence electrons. The minimum atomic E-state index is -0.724. The van der Waals surface area contributed by atoms with Gasteiger partial charge >= 0.3 is 0 Å². The fourth-order valence-corrected chi connectivity index (χ4v) is 2.18. The second-order valence-corrected chi connectivity index (χ2v) is 4.96. The standard InChI is InChI=1S/C13H25NO4/c1-17-8-9-18-10-12(15)14-11-13(16)6-4-2-3-5-7-13/h16H,2-11H2,1H3,(H,14,15). The maximum atomic E-state index is 11.5. The Bertz CT molecular complexity index is 237. The second kappa shape index (κ2) is 8.45. The van der Waals surface area contributed by atoms with Crippen molar-refractivity contribution in [1.29, 1.82) is 0 Å². The van der Waals surface area contributed by atoms with Crippen LogP contribution in [0.3, 0.4) is 0 Å². The molecule has 0 aromatic rings. The predicted molar refractivity (Wildman–Crippen MR) is 68.4 cm³/mol. The molecule has 1 aliphatic rings. The summed E-state index contributed by atoms with van der Waals surface area (Å²) < 4.78 is 9.93. The van der Waals surface area contributed by atoms with Crippen molar-refractivity contribution in [2.24, 2.45) is 0 Å². The average Bonchev–Trinajstić information content (AvgIpc) is 2.58. The quantitative estimate of drug-likeness (QED) is 0.525. The summed E-state index contributed by atoms with van der Waals surface area (Å²) in [5, 5.41) is 13.1. The lowest BCUT2D eigenvalue weighted by Gasteiger charge is -2.26. The summed E-state index contributed by atoms with van der Waals surface area (Å²) in [6.45, 7) is 1.25. The van der Waals surface area contributed by atoms with Crippen molar-refractivity contribution in [3.8, 4) is 0 Å². The number of carbonyl (C=O) groups excluding carboxylic acids is 1. The van der Waals surface area contributed by atoms with Gasteiger partial charge in [0.1, 0.15) is 6.61 Å². The zero-order chi connectivity index (χ0) is 13.3. The van der Waals surface area contributed by atoms with Crippen molar-refractivity contribution in [2.75, 3.05) is 33.5 Å². The number of ether oxygens (including phenoxy) is 2. The summed E-state index contributed by atoms with van der Waals surface area (Å²) in [6.07, 6.45) is 5.98. The highest BCUT2D eigenvalue weighted by Gasteiger charge is 2.28. The van der Waals surface area contributed by atoms with Gasteiger partial charge in [-0.2, -0.15) is 0 Å². The van der Waals surface area contributed by atoms with Crippen LogP contribution >= 0.6 is 0 Å². The monoisotopic (exact) mass is 259 g/mol. The molecule has 0 aliphatic heterocycles. The molecule has 5 heteroatoms. The van der Waals surface area contributed by atoms with Gasteiger partial charge in [-0.15, -0.1) is 0 Å². The van der Waals surface area contributed by atoms with Gasteiger partial charge in [-0.3, -0.25) is 4.79 Å². The third-order valence-corrected chi connectivity index (χ3v) is 3.31. The zero-order valence-electron chi connectivity index (χ0n) is 11.2. The molecule has 1 saturated carbocycles. The predicted octanol–water partition coefficient (Wildman–Crippen LogP) is 0.851. The highest BCUT2D eigenvalue weighted by atomic mass is 16.5. The van der Waals surface area contributed by atoms with Crippen molar-refractivity contribution < 1.29 is 19.4 Å². The lowest BCUT2D eigenvalue weighted by Crippen LogP contribution is -2.43. The number of nitrogens with one attached hydrogen (secondary N) is 1. The van der Waals surface area contributed by atoms with E-state index < -0.39 is 5.60 Å². The Labute approximate surface area is 109 Å². The van der Waals surface area contributed by atoms with Gasteiger partial charge in [-0.25, -0.2) is 0 Å². The smallest absolute Gasteiger partial charge is 0.246 e. The lowest BCUT2D eigenvalue weighted by atomic mass is 9.94. The van der Waals surface area contributed by atoms with Crippen LogP contribution in [0.2, 0.25) is 0 Å². The van der Waals surface area contributed by atoms with Gasteiger partial charge < -0.3 is 19.9 Å². The second-order valence-electron chi connectivity index (χ2n) is 4.96.